The van der Waals surface area contributed by atoms with Crippen LogP contribution in [0, 0.1) is 0 Å². The molecule has 0 amide bonds. The number of hydrogen-bond donors (Lipinski definition) is 1. The number of rotatable bonds is 3. The molecular formula is C11H11BrO3. The van der Waals surface area contributed by atoms with E-state index in [0.717, 1.165) is 4.47 Å². The summed E-state index contributed by atoms with van der Waals surface area (Å²) in [5.41, 5.74) is 0.633. The minimum atomic E-state index is -1.02. The second-order valence-corrected chi connectivity index (χ2v) is 3.89. The van der Waals surface area contributed by atoms with Crippen LogP contribution in [0.5, 0.6) is 0 Å². The third-order valence-electron chi connectivity index (χ3n) is 1.96. The molecule has 0 unspecified atom stereocenters. The molecule has 1 aromatic rings. The zero-order chi connectivity index (χ0) is 11.4. The summed E-state index contributed by atoms with van der Waals surface area (Å²) in [6.07, 6.45) is -1.02. The fourth-order valence-electron chi connectivity index (χ4n) is 1.09. The van der Waals surface area contributed by atoms with E-state index in [0.29, 0.717) is 5.56 Å². The number of aliphatic hydroxyl groups is 1. The highest BCUT2D eigenvalue weighted by molar-refractivity contribution is 9.10. The quantitative estimate of drug-likeness (QED) is 0.677. The summed E-state index contributed by atoms with van der Waals surface area (Å²) < 4.78 is 5.38. The van der Waals surface area contributed by atoms with Crippen molar-refractivity contribution in [2.24, 2.45) is 0 Å². The first kappa shape index (κ1) is 11.9. The molecule has 0 aliphatic heterocycles. The number of aliphatic hydroxyl groups excluding tert-OH is 1. The maximum Gasteiger partial charge on any atom is 0.336 e. The molecule has 4 heteroatoms. The summed E-state index contributed by atoms with van der Waals surface area (Å²) in [5.74, 6) is -0.606. The topological polar surface area (TPSA) is 46.5 Å². The van der Waals surface area contributed by atoms with Crippen LogP contribution >= 0.6 is 15.9 Å². The number of halogens is 1. The highest BCUT2D eigenvalue weighted by Gasteiger charge is 2.18. The number of carbonyl (C=O) groups excluding carboxylic acids is 1. The van der Waals surface area contributed by atoms with Gasteiger partial charge in [0.25, 0.3) is 0 Å². The van der Waals surface area contributed by atoms with Gasteiger partial charge in [-0.3, -0.25) is 0 Å². The van der Waals surface area contributed by atoms with Crippen LogP contribution in [0.15, 0.2) is 40.9 Å². The van der Waals surface area contributed by atoms with Crippen LogP contribution in [0.3, 0.4) is 0 Å². The molecule has 3 nitrogen and oxygen atoms in total. The van der Waals surface area contributed by atoms with Crippen LogP contribution < -0.4 is 0 Å². The lowest BCUT2D eigenvalue weighted by atomic mass is 10.0. The summed E-state index contributed by atoms with van der Waals surface area (Å²) in [4.78, 5) is 11.1. The van der Waals surface area contributed by atoms with Crippen molar-refractivity contribution >= 4 is 21.9 Å². The molecule has 0 radical (unpaired) electrons. The molecule has 0 spiro atoms. The van der Waals surface area contributed by atoms with Crippen molar-refractivity contribution in [2.45, 2.75) is 6.10 Å². The van der Waals surface area contributed by atoms with E-state index in [1.54, 1.807) is 24.3 Å². The van der Waals surface area contributed by atoms with Gasteiger partial charge in [0, 0.05) is 4.47 Å². The van der Waals surface area contributed by atoms with Gasteiger partial charge in [-0.2, -0.15) is 0 Å². The van der Waals surface area contributed by atoms with Crippen LogP contribution in [0.2, 0.25) is 0 Å². The van der Waals surface area contributed by atoms with Crippen molar-refractivity contribution < 1.29 is 14.6 Å². The van der Waals surface area contributed by atoms with Gasteiger partial charge in [-0.1, -0.05) is 34.6 Å². The van der Waals surface area contributed by atoms with Crippen LogP contribution in [0.25, 0.3) is 0 Å². The van der Waals surface area contributed by atoms with E-state index < -0.39 is 12.1 Å². The summed E-state index contributed by atoms with van der Waals surface area (Å²) in [6, 6.07) is 6.98. The van der Waals surface area contributed by atoms with Gasteiger partial charge >= 0.3 is 5.97 Å². The van der Waals surface area contributed by atoms with Gasteiger partial charge in [-0.05, 0) is 17.7 Å². The maximum absolute atomic E-state index is 11.1. The predicted octanol–water partition coefficient (Wildman–Crippen LogP) is 2.21. The summed E-state index contributed by atoms with van der Waals surface area (Å²) in [7, 11) is 1.25. The number of ether oxygens (including phenoxy) is 1. The third kappa shape index (κ3) is 2.91. The van der Waals surface area contributed by atoms with Crippen molar-refractivity contribution in [2.75, 3.05) is 7.11 Å². The average molecular weight is 271 g/mol. The van der Waals surface area contributed by atoms with E-state index in [2.05, 4.69) is 27.2 Å². The van der Waals surface area contributed by atoms with Crippen LogP contribution in [0.4, 0.5) is 0 Å². The van der Waals surface area contributed by atoms with Crippen molar-refractivity contribution in [3.63, 3.8) is 0 Å². The fourth-order valence-corrected chi connectivity index (χ4v) is 1.35. The molecule has 0 aliphatic carbocycles. The minimum absolute atomic E-state index is 0.0276. The first-order chi connectivity index (χ1) is 7.06. The average Bonchev–Trinajstić information content (AvgIpc) is 2.27. The zero-order valence-corrected chi connectivity index (χ0v) is 9.82. The normalized spacial score (nSPS) is 11.9. The summed E-state index contributed by atoms with van der Waals surface area (Å²) in [6.45, 7) is 3.49. The Morgan fingerprint density at radius 2 is 2.00 bits per heavy atom. The number of carbonyl (C=O) groups is 1. The van der Waals surface area contributed by atoms with E-state index in [1.807, 2.05) is 0 Å². The number of methoxy groups -OCH3 is 1. The maximum atomic E-state index is 11.1. The molecule has 0 saturated heterocycles. The number of benzene rings is 1. The molecule has 0 saturated carbocycles. The van der Waals surface area contributed by atoms with Gasteiger partial charge < -0.3 is 9.84 Å². The Morgan fingerprint density at radius 3 is 2.47 bits per heavy atom. The molecule has 1 rings (SSSR count). The van der Waals surface area contributed by atoms with Crippen LogP contribution in [-0.4, -0.2) is 18.2 Å². The van der Waals surface area contributed by atoms with E-state index in [-0.39, 0.29) is 5.57 Å². The molecule has 15 heavy (non-hydrogen) atoms. The smallest absolute Gasteiger partial charge is 0.336 e. The van der Waals surface area contributed by atoms with Gasteiger partial charge in [0.2, 0.25) is 0 Å². The van der Waals surface area contributed by atoms with Gasteiger partial charge in [-0.25, -0.2) is 4.79 Å². The standard InChI is InChI=1S/C11H11BrO3/c1-7(11(14)15-2)10(13)8-3-5-9(12)6-4-8/h3-6,10,13H,1H2,2H3/t10-/m0/s1. The lowest BCUT2D eigenvalue weighted by Gasteiger charge is -2.12. The van der Waals surface area contributed by atoms with Crippen molar-refractivity contribution in [1.29, 1.82) is 0 Å². The monoisotopic (exact) mass is 270 g/mol. The Balaban J connectivity index is 2.85. The first-order valence-electron chi connectivity index (χ1n) is 4.27. The predicted molar refractivity (Wildman–Crippen MR) is 60.3 cm³/mol. The molecule has 0 heterocycles. The molecule has 1 aromatic carbocycles. The fraction of sp³-hybridized carbons (Fsp3) is 0.182. The molecule has 80 valence electrons. The van der Waals surface area contributed by atoms with Crippen molar-refractivity contribution in [1.82, 2.24) is 0 Å². The minimum Gasteiger partial charge on any atom is -0.466 e. The Hall–Kier alpha value is -1.13. The lowest BCUT2D eigenvalue weighted by Crippen LogP contribution is -2.11. The van der Waals surface area contributed by atoms with Gasteiger partial charge in [0.15, 0.2) is 0 Å². The Kier molecular flexibility index (Phi) is 4.05. The number of hydrogen-bond acceptors (Lipinski definition) is 3. The molecule has 0 aliphatic rings. The second kappa shape index (κ2) is 5.09. The third-order valence-corrected chi connectivity index (χ3v) is 2.49. The second-order valence-electron chi connectivity index (χ2n) is 2.97. The van der Waals surface area contributed by atoms with Crippen molar-refractivity contribution in [3.05, 3.63) is 46.5 Å². The van der Waals surface area contributed by atoms with Crippen LogP contribution in [-0.2, 0) is 9.53 Å². The highest BCUT2D eigenvalue weighted by atomic mass is 79.9. The SMILES string of the molecule is C=C(C(=O)OC)[C@H](O)c1ccc(Br)cc1. The summed E-state index contributed by atoms with van der Waals surface area (Å²) >= 11 is 3.28. The Labute approximate surface area is 96.5 Å². The zero-order valence-electron chi connectivity index (χ0n) is 8.24. The highest BCUT2D eigenvalue weighted by Crippen LogP contribution is 2.22. The molecule has 0 bridgehead atoms. The van der Waals surface area contributed by atoms with Gasteiger partial charge in [0.1, 0.15) is 6.10 Å². The molecule has 0 aromatic heterocycles. The Morgan fingerprint density at radius 1 is 1.47 bits per heavy atom. The number of esters is 1. The molecule has 1 atom stereocenters. The van der Waals surface area contributed by atoms with Gasteiger partial charge in [0.05, 0.1) is 12.7 Å². The largest absolute Gasteiger partial charge is 0.466 e. The van der Waals surface area contributed by atoms with Crippen molar-refractivity contribution in [3.8, 4) is 0 Å². The first-order valence-corrected chi connectivity index (χ1v) is 5.06. The Bertz CT molecular complexity index is 370. The summed E-state index contributed by atoms with van der Waals surface area (Å²) in [5, 5.41) is 9.77. The van der Waals surface area contributed by atoms with E-state index in [9.17, 15) is 9.90 Å². The molecule has 1 N–H and O–H groups in total. The van der Waals surface area contributed by atoms with Gasteiger partial charge in [-0.15, -0.1) is 0 Å². The lowest BCUT2D eigenvalue weighted by molar-refractivity contribution is -0.137. The van der Waals surface area contributed by atoms with E-state index >= 15 is 0 Å². The van der Waals surface area contributed by atoms with E-state index in [4.69, 9.17) is 0 Å². The molecular weight excluding hydrogens is 260 g/mol. The van der Waals surface area contributed by atoms with E-state index in [1.165, 1.54) is 7.11 Å². The molecule has 0 fully saturated rings. The van der Waals surface area contributed by atoms with Crippen LogP contribution in [0.1, 0.15) is 11.7 Å².